The van der Waals surface area contributed by atoms with Gasteiger partial charge in [-0.15, -0.1) is 10.2 Å². The zero-order valence-corrected chi connectivity index (χ0v) is 27.5. The van der Waals surface area contributed by atoms with Crippen LogP contribution >= 0.6 is 0 Å². The Kier molecular flexibility index (Phi) is 7.71. The molecule has 0 aliphatic heterocycles. The molecule has 5 heteroatoms. The van der Waals surface area contributed by atoms with Crippen LogP contribution in [0.25, 0.3) is 22.9 Å². The van der Waals surface area contributed by atoms with Gasteiger partial charge >= 0.3 is 0 Å². The summed E-state index contributed by atoms with van der Waals surface area (Å²) in [6.07, 6.45) is 0. The molecule has 0 bridgehead atoms. The average Bonchev–Trinajstić information content (AvgIpc) is 3.62. The third-order valence-corrected chi connectivity index (χ3v) is 17.3. The maximum atomic E-state index is 6.25. The van der Waals surface area contributed by atoms with Crippen molar-refractivity contribution in [2.75, 3.05) is 0 Å². The average molecular weight is 615 g/mol. The third-order valence-electron chi connectivity index (χ3n) is 8.96. The molecular formula is C40H34N2OSi2. The Bertz CT molecular complexity index is 1890. The SMILES string of the molecule is C[Si](C)(c1ccccc1)c1ccc(-c2nnc(-c3ccc([Si](c4ccccc4)(c4ccccc4)c4ccccc4)cc3)o2)cc1. The molecule has 0 atom stereocenters. The summed E-state index contributed by atoms with van der Waals surface area (Å²) in [7, 11) is -4.37. The molecule has 0 saturated heterocycles. The van der Waals surface area contributed by atoms with Gasteiger partial charge < -0.3 is 4.42 Å². The Morgan fingerprint density at radius 3 is 1.02 bits per heavy atom. The molecule has 0 radical (unpaired) electrons. The highest BCUT2D eigenvalue weighted by Gasteiger charge is 2.41. The van der Waals surface area contributed by atoms with Crippen molar-refractivity contribution in [3.63, 3.8) is 0 Å². The lowest BCUT2D eigenvalue weighted by molar-refractivity contribution is 0.584. The van der Waals surface area contributed by atoms with Crippen molar-refractivity contribution < 1.29 is 4.42 Å². The third kappa shape index (κ3) is 5.31. The van der Waals surface area contributed by atoms with Crippen molar-refractivity contribution in [3.05, 3.63) is 170 Å². The van der Waals surface area contributed by atoms with Gasteiger partial charge in [0.25, 0.3) is 0 Å². The fraction of sp³-hybridized carbons (Fsp3) is 0.0500. The second-order valence-electron chi connectivity index (χ2n) is 11.9. The Hall–Kier alpha value is -5.11. The highest BCUT2D eigenvalue weighted by molar-refractivity contribution is 7.19. The van der Waals surface area contributed by atoms with Crippen molar-refractivity contribution >= 4 is 47.3 Å². The van der Waals surface area contributed by atoms with E-state index in [2.05, 4.69) is 193 Å². The second kappa shape index (κ2) is 12.1. The summed E-state index contributed by atoms with van der Waals surface area (Å²) in [6.45, 7) is 4.77. The van der Waals surface area contributed by atoms with E-state index in [9.17, 15) is 0 Å². The number of hydrogen-bond donors (Lipinski definition) is 0. The van der Waals surface area contributed by atoms with Crippen molar-refractivity contribution in [2.24, 2.45) is 0 Å². The van der Waals surface area contributed by atoms with E-state index in [-0.39, 0.29) is 0 Å². The van der Waals surface area contributed by atoms with Crippen molar-refractivity contribution in [3.8, 4) is 22.9 Å². The molecule has 1 heterocycles. The summed E-state index contributed by atoms with van der Waals surface area (Å²) < 4.78 is 6.25. The van der Waals surface area contributed by atoms with Crippen LogP contribution in [0.4, 0.5) is 0 Å². The van der Waals surface area contributed by atoms with Gasteiger partial charge in [0.05, 0.1) is 0 Å². The molecule has 7 rings (SSSR count). The first-order valence-corrected chi connectivity index (χ1v) is 20.3. The predicted molar refractivity (Wildman–Crippen MR) is 192 cm³/mol. The van der Waals surface area contributed by atoms with Gasteiger partial charge in [-0.05, 0) is 45.0 Å². The predicted octanol–water partition coefficient (Wildman–Crippen LogP) is 5.60. The molecule has 0 spiro atoms. The maximum Gasteiger partial charge on any atom is 0.248 e. The molecule has 0 amide bonds. The van der Waals surface area contributed by atoms with Gasteiger partial charge in [-0.3, -0.25) is 0 Å². The summed E-state index contributed by atoms with van der Waals surface area (Å²) in [6, 6.07) is 61.0. The summed E-state index contributed by atoms with van der Waals surface area (Å²) in [5.74, 6) is 1.05. The van der Waals surface area contributed by atoms with Crippen LogP contribution in [0.3, 0.4) is 0 Å². The van der Waals surface area contributed by atoms with Gasteiger partial charge in [-0.2, -0.15) is 0 Å². The first-order valence-electron chi connectivity index (χ1n) is 15.3. The van der Waals surface area contributed by atoms with E-state index >= 15 is 0 Å². The molecule has 3 nitrogen and oxygen atoms in total. The van der Waals surface area contributed by atoms with Crippen LogP contribution in [0, 0.1) is 0 Å². The van der Waals surface area contributed by atoms with E-state index in [0.717, 1.165) is 11.1 Å². The lowest BCUT2D eigenvalue weighted by Crippen LogP contribution is -2.74. The van der Waals surface area contributed by atoms with Crippen LogP contribution in [-0.4, -0.2) is 26.3 Å². The van der Waals surface area contributed by atoms with Crippen LogP contribution < -0.4 is 31.1 Å². The largest absolute Gasteiger partial charge is 0.416 e. The van der Waals surface area contributed by atoms with E-state index in [0.29, 0.717) is 11.8 Å². The number of aromatic nitrogens is 2. The molecular weight excluding hydrogens is 581 g/mol. The summed E-state index contributed by atoms with van der Waals surface area (Å²) >= 11 is 0. The summed E-state index contributed by atoms with van der Waals surface area (Å²) in [5, 5.41) is 17.0. The van der Waals surface area contributed by atoms with Gasteiger partial charge in [-0.25, -0.2) is 0 Å². The van der Waals surface area contributed by atoms with Crippen molar-refractivity contribution in [1.82, 2.24) is 10.2 Å². The van der Waals surface area contributed by atoms with E-state index in [1.165, 1.54) is 31.1 Å². The highest BCUT2D eigenvalue weighted by atomic mass is 28.3. The summed E-state index contributed by atoms with van der Waals surface area (Å²) in [5.41, 5.74) is 1.83. The molecule has 7 aromatic rings. The zero-order valence-electron chi connectivity index (χ0n) is 25.5. The van der Waals surface area contributed by atoms with Gasteiger partial charge in [0.2, 0.25) is 11.8 Å². The number of nitrogens with zero attached hydrogens (tertiary/aromatic N) is 2. The lowest BCUT2D eigenvalue weighted by Gasteiger charge is -2.34. The normalized spacial score (nSPS) is 11.8. The molecule has 6 aromatic carbocycles. The van der Waals surface area contributed by atoms with Crippen LogP contribution in [0.2, 0.25) is 13.1 Å². The minimum Gasteiger partial charge on any atom is -0.416 e. The van der Waals surface area contributed by atoms with Crippen LogP contribution in [0.1, 0.15) is 0 Å². The summed E-state index contributed by atoms with van der Waals surface area (Å²) in [4.78, 5) is 0. The number of benzene rings is 6. The first-order chi connectivity index (χ1) is 22.1. The highest BCUT2D eigenvalue weighted by Crippen LogP contribution is 2.24. The van der Waals surface area contributed by atoms with Gasteiger partial charge in [0, 0.05) is 11.1 Å². The number of rotatable bonds is 8. The smallest absolute Gasteiger partial charge is 0.248 e. The Balaban J connectivity index is 1.23. The monoisotopic (exact) mass is 614 g/mol. The molecule has 45 heavy (non-hydrogen) atoms. The molecule has 0 unspecified atom stereocenters. The molecule has 218 valence electrons. The lowest BCUT2D eigenvalue weighted by atomic mass is 10.2. The van der Waals surface area contributed by atoms with E-state index in [4.69, 9.17) is 4.42 Å². The fourth-order valence-electron chi connectivity index (χ4n) is 6.43. The van der Waals surface area contributed by atoms with Gasteiger partial charge in [0.1, 0.15) is 8.07 Å². The van der Waals surface area contributed by atoms with Crippen LogP contribution in [0.15, 0.2) is 174 Å². The first kappa shape index (κ1) is 28.7. The van der Waals surface area contributed by atoms with Gasteiger partial charge in [-0.1, -0.05) is 169 Å². The van der Waals surface area contributed by atoms with Gasteiger partial charge in [0.15, 0.2) is 8.07 Å². The molecule has 0 aliphatic rings. The molecule has 0 aliphatic carbocycles. The van der Waals surface area contributed by atoms with Crippen molar-refractivity contribution in [2.45, 2.75) is 13.1 Å². The second-order valence-corrected chi connectivity index (χ2v) is 20.1. The standard InChI is InChI=1S/C40H34N2OSi2/c1-44(2,33-15-7-3-8-16-33)34-27-23-31(24-28-34)39-41-42-40(43-39)32-25-29-38(30-26-32)45(35-17-9-4-10-18-35,36-19-11-5-12-20-36)37-21-13-6-14-22-37/h3-30H,1-2H3. The topological polar surface area (TPSA) is 38.9 Å². The molecule has 0 fully saturated rings. The number of hydrogen-bond acceptors (Lipinski definition) is 3. The van der Waals surface area contributed by atoms with Crippen LogP contribution in [0.5, 0.6) is 0 Å². The Morgan fingerprint density at radius 2 is 0.644 bits per heavy atom. The van der Waals surface area contributed by atoms with Crippen molar-refractivity contribution in [1.29, 1.82) is 0 Å². The fourth-order valence-corrected chi connectivity index (χ4v) is 13.5. The molecule has 0 saturated carbocycles. The minimum atomic E-state index is -2.58. The molecule has 1 aromatic heterocycles. The minimum absolute atomic E-state index is 0.519. The quantitative estimate of drug-likeness (QED) is 0.165. The zero-order chi connectivity index (χ0) is 30.7. The Morgan fingerprint density at radius 1 is 0.356 bits per heavy atom. The van der Waals surface area contributed by atoms with E-state index < -0.39 is 16.1 Å². The van der Waals surface area contributed by atoms with E-state index in [1.807, 2.05) is 0 Å². The van der Waals surface area contributed by atoms with E-state index in [1.54, 1.807) is 0 Å². The maximum absolute atomic E-state index is 6.25. The van der Waals surface area contributed by atoms with Crippen LogP contribution in [-0.2, 0) is 0 Å². The Labute approximate surface area is 266 Å². The molecule has 0 N–H and O–H groups in total.